The van der Waals surface area contributed by atoms with Gasteiger partial charge in [-0.25, -0.2) is 0 Å². The van der Waals surface area contributed by atoms with E-state index in [1.165, 1.54) is 12.5 Å². The van der Waals surface area contributed by atoms with Gasteiger partial charge in [0.1, 0.15) is 0 Å². The summed E-state index contributed by atoms with van der Waals surface area (Å²) in [6.07, 6.45) is 3.24. The molecule has 1 aromatic rings. The molecular formula is C12H15BBrNO3. The van der Waals surface area contributed by atoms with Crippen LogP contribution in [0, 0.1) is 0 Å². The number of carbonyl (C=O) groups excluding carboxylic acids is 1. The molecular weight excluding hydrogens is 297 g/mol. The van der Waals surface area contributed by atoms with Crippen molar-refractivity contribution in [3.63, 3.8) is 0 Å². The van der Waals surface area contributed by atoms with Crippen molar-refractivity contribution in [2.45, 2.75) is 19.3 Å². The van der Waals surface area contributed by atoms with Crippen molar-refractivity contribution in [3.8, 4) is 0 Å². The Morgan fingerprint density at radius 1 is 1.17 bits per heavy atom. The van der Waals surface area contributed by atoms with E-state index in [0.717, 1.165) is 25.9 Å². The fraction of sp³-hybridized carbons (Fsp3) is 0.417. The van der Waals surface area contributed by atoms with Crippen LogP contribution in [0.25, 0.3) is 0 Å². The fourth-order valence-electron chi connectivity index (χ4n) is 2.16. The van der Waals surface area contributed by atoms with E-state index >= 15 is 0 Å². The minimum atomic E-state index is -1.56. The Labute approximate surface area is 115 Å². The first-order valence-electron chi connectivity index (χ1n) is 6.04. The molecule has 0 spiro atoms. The van der Waals surface area contributed by atoms with E-state index in [1.54, 1.807) is 12.1 Å². The number of hydrogen-bond acceptors (Lipinski definition) is 3. The van der Waals surface area contributed by atoms with E-state index in [1.807, 2.05) is 4.90 Å². The second-order valence-electron chi connectivity index (χ2n) is 4.50. The highest BCUT2D eigenvalue weighted by Gasteiger charge is 2.20. The number of carbonyl (C=O) groups is 1. The molecule has 1 aromatic carbocycles. The summed E-state index contributed by atoms with van der Waals surface area (Å²) in [7, 11) is -1.56. The van der Waals surface area contributed by atoms with Crippen molar-refractivity contribution < 1.29 is 14.8 Å². The van der Waals surface area contributed by atoms with E-state index in [9.17, 15) is 14.8 Å². The van der Waals surface area contributed by atoms with E-state index in [2.05, 4.69) is 15.9 Å². The van der Waals surface area contributed by atoms with Gasteiger partial charge >= 0.3 is 7.12 Å². The summed E-state index contributed by atoms with van der Waals surface area (Å²) in [5.74, 6) is -0.0436. The summed E-state index contributed by atoms with van der Waals surface area (Å²) in [6.45, 7) is 1.56. The highest BCUT2D eigenvalue weighted by Crippen LogP contribution is 2.16. The number of piperidine rings is 1. The van der Waals surface area contributed by atoms with Crippen LogP contribution in [0.1, 0.15) is 29.6 Å². The van der Waals surface area contributed by atoms with E-state index in [4.69, 9.17) is 0 Å². The highest BCUT2D eigenvalue weighted by atomic mass is 79.9. The zero-order chi connectivity index (χ0) is 13.1. The third-order valence-electron chi connectivity index (χ3n) is 3.11. The molecule has 0 aromatic heterocycles. The van der Waals surface area contributed by atoms with Gasteiger partial charge in [0.25, 0.3) is 5.91 Å². The smallest absolute Gasteiger partial charge is 0.423 e. The van der Waals surface area contributed by atoms with Crippen LogP contribution in [-0.4, -0.2) is 41.1 Å². The van der Waals surface area contributed by atoms with Gasteiger partial charge in [-0.15, -0.1) is 0 Å². The molecule has 0 atom stereocenters. The Balaban J connectivity index is 2.23. The first-order chi connectivity index (χ1) is 8.58. The van der Waals surface area contributed by atoms with Crippen LogP contribution in [0.4, 0.5) is 0 Å². The van der Waals surface area contributed by atoms with Crippen molar-refractivity contribution in [2.24, 2.45) is 0 Å². The summed E-state index contributed by atoms with van der Waals surface area (Å²) in [5, 5.41) is 18.3. The lowest BCUT2D eigenvalue weighted by molar-refractivity contribution is 0.0724. The number of nitrogens with zero attached hydrogens (tertiary/aromatic N) is 1. The molecule has 1 heterocycles. The summed E-state index contributed by atoms with van der Waals surface area (Å²) in [5.41, 5.74) is 0.819. The zero-order valence-electron chi connectivity index (χ0n) is 9.97. The van der Waals surface area contributed by atoms with Gasteiger partial charge in [-0.3, -0.25) is 4.79 Å². The molecule has 1 aliphatic rings. The minimum absolute atomic E-state index is 0.0436. The van der Waals surface area contributed by atoms with E-state index in [0.29, 0.717) is 15.5 Å². The Morgan fingerprint density at radius 3 is 2.44 bits per heavy atom. The lowest BCUT2D eigenvalue weighted by Gasteiger charge is -2.27. The van der Waals surface area contributed by atoms with Crippen molar-refractivity contribution in [2.75, 3.05) is 13.1 Å². The summed E-state index contributed by atoms with van der Waals surface area (Å²) in [6, 6.07) is 4.84. The third kappa shape index (κ3) is 3.13. The normalized spacial score (nSPS) is 15.6. The molecule has 96 valence electrons. The average molecular weight is 312 g/mol. The SMILES string of the molecule is O=C(c1cc(Br)cc(B(O)O)c1)N1CCCCC1. The van der Waals surface area contributed by atoms with Crippen molar-refractivity contribution in [3.05, 3.63) is 28.2 Å². The fourth-order valence-corrected chi connectivity index (χ4v) is 2.68. The van der Waals surface area contributed by atoms with Crippen LogP contribution >= 0.6 is 15.9 Å². The van der Waals surface area contributed by atoms with Gasteiger partial charge in [0.2, 0.25) is 0 Å². The molecule has 0 saturated carbocycles. The van der Waals surface area contributed by atoms with Gasteiger partial charge in [0.15, 0.2) is 0 Å². The van der Waals surface area contributed by atoms with Gasteiger partial charge in [0, 0.05) is 23.1 Å². The summed E-state index contributed by atoms with van der Waals surface area (Å²) in [4.78, 5) is 14.1. The molecule has 1 fully saturated rings. The Bertz CT molecular complexity index is 447. The predicted molar refractivity (Wildman–Crippen MR) is 73.7 cm³/mol. The lowest BCUT2D eigenvalue weighted by Crippen LogP contribution is -2.37. The monoisotopic (exact) mass is 311 g/mol. The molecule has 2 rings (SSSR count). The number of benzene rings is 1. The molecule has 2 N–H and O–H groups in total. The van der Waals surface area contributed by atoms with Crippen LogP contribution in [0.2, 0.25) is 0 Å². The standard InChI is InChI=1S/C12H15BBrNO3/c14-11-7-9(6-10(8-11)13(17)18)12(16)15-4-2-1-3-5-15/h6-8,17-18H,1-5H2. The largest absolute Gasteiger partial charge is 0.488 e. The van der Waals surface area contributed by atoms with Crippen LogP contribution in [-0.2, 0) is 0 Å². The number of amides is 1. The summed E-state index contributed by atoms with van der Waals surface area (Å²) >= 11 is 3.28. The Morgan fingerprint density at radius 2 is 1.83 bits per heavy atom. The van der Waals surface area contributed by atoms with Gasteiger partial charge in [-0.1, -0.05) is 15.9 Å². The van der Waals surface area contributed by atoms with Crippen LogP contribution < -0.4 is 5.46 Å². The molecule has 4 nitrogen and oxygen atoms in total. The molecule has 18 heavy (non-hydrogen) atoms. The maximum absolute atomic E-state index is 12.3. The van der Waals surface area contributed by atoms with Crippen LogP contribution in [0.15, 0.2) is 22.7 Å². The second kappa shape index (κ2) is 5.86. The lowest BCUT2D eigenvalue weighted by atomic mass is 9.79. The molecule has 1 aliphatic heterocycles. The topological polar surface area (TPSA) is 60.8 Å². The first kappa shape index (κ1) is 13.6. The average Bonchev–Trinajstić information content (AvgIpc) is 2.38. The second-order valence-corrected chi connectivity index (χ2v) is 5.42. The molecule has 6 heteroatoms. The highest BCUT2D eigenvalue weighted by molar-refractivity contribution is 9.10. The molecule has 0 unspecified atom stereocenters. The van der Waals surface area contributed by atoms with Gasteiger partial charge in [0.05, 0.1) is 0 Å². The molecule has 0 bridgehead atoms. The first-order valence-corrected chi connectivity index (χ1v) is 6.83. The molecule has 1 amide bonds. The molecule has 0 aliphatic carbocycles. The third-order valence-corrected chi connectivity index (χ3v) is 3.57. The maximum Gasteiger partial charge on any atom is 0.488 e. The zero-order valence-corrected chi connectivity index (χ0v) is 11.6. The molecule has 0 radical (unpaired) electrons. The van der Waals surface area contributed by atoms with Gasteiger partial charge in [-0.2, -0.15) is 0 Å². The Kier molecular flexibility index (Phi) is 4.42. The number of hydrogen-bond donors (Lipinski definition) is 2. The summed E-state index contributed by atoms with van der Waals surface area (Å²) < 4.78 is 0.674. The van der Waals surface area contributed by atoms with Gasteiger partial charge < -0.3 is 14.9 Å². The van der Waals surface area contributed by atoms with E-state index < -0.39 is 7.12 Å². The predicted octanol–water partition coefficient (Wildman–Crippen LogP) is 0.755. The number of rotatable bonds is 2. The van der Waals surface area contributed by atoms with Gasteiger partial charge in [-0.05, 0) is 42.9 Å². The maximum atomic E-state index is 12.3. The number of likely N-dealkylation sites (tertiary alicyclic amines) is 1. The van der Waals surface area contributed by atoms with Crippen molar-refractivity contribution in [1.82, 2.24) is 4.90 Å². The van der Waals surface area contributed by atoms with Crippen molar-refractivity contribution >= 4 is 34.4 Å². The van der Waals surface area contributed by atoms with Crippen LogP contribution in [0.3, 0.4) is 0 Å². The van der Waals surface area contributed by atoms with Crippen molar-refractivity contribution in [1.29, 1.82) is 0 Å². The van der Waals surface area contributed by atoms with E-state index in [-0.39, 0.29) is 5.91 Å². The number of halogens is 1. The Hall–Kier alpha value is -0.845. The molecule has 1 saturated heterocycles. The quantitative estimate of drug-likeness (QED) is 0.793. The van der Waals surface area contributed by atoms with Crippen LogP contribution in [0.5, 0.6) is 0 Å². The minimum Gasteiger partial charge on any atom is -0.423 e.